The quantitative estimate of drug-likeness (QED) is 0.705. The normalized spacial score (nSPS) is 29.4. The van der Waals surface area contributed by atoms with Crippen LogP contribution in [0.5, 0.6) is 0 Å². The first-order valence-corrected chi connectivity index (χ1v) is 6.23. The van der Waals surface area contributed by atoms with Crippen molar-refractivity contribution in [1.82, 2.24) is 5.32 Å². The predicted molar refractivity (Wildman–Crippen MR) is 58.4 cm³/mol. The Hall–Kier alpha value is -0.0800. The Balaban J connectivity index is 1.62. The van der Waals surface area contributed by atoms with Crippen LogP contribution < -0.4 is 5.32 Å². The van der Waals surface area contributed by atoms with Crippen LogP contribution in [0.4, 0.5) is 0 Å². The molecule has 0 spiro atoms. The van der Waals surface area contributed by atoms with E-state index < -0.39 is 0 Å². The van der Waals surface area contributed by atoms with Crippen molar-refractivity contribution in [2.45, 2.75) is 57.6 Å². The predicted octanol–water partition coefficient (Wildman–Crippen LogP) is 2.33. The lowest BCUT2D eigenvalue weighted by molar-refractivity contribution is 0.0886. The van der Waals surface area contributed by atoms with Crippen LogP contribution in [0, 0.1) is 5.92 Å². The van der Waals surface area contributed by atoms with Gasteiger partial charge in [0.05, 0.1) is 6.10 Å². The molecule has 2 heteroatoms. The summed E-state index contributed by atoms with van der Waals surface area (Å²) in [5, 5.41) is 3.63. The highest BCUT2D eigenvalue weighted by Crippen LogP contribution is 2.23. The average molecular weight is 197 g/mol. The summed E-state index contributed by atoms with van der Waals surface area (Å²) >= 11 is 0. The molecule has 2 atom stereocenters. The Morgan fingerprint density at radius 2 is 2.21 bits per heavy atom. The van der Waals surface area contributed by atoms with E-state index in [4.69, 9.17) is 4.74 Å². The fourth-order valence-electron chi connectivity index (χ4n) is 2.22. The van der Waals surface area contributed by atoms with Gasteiger partial charge >= 0.3 is 0 Å². The van der Waals surface area contributed by atoms with Crippen molar-refractivity contribution in [3.8, 4) is 0 Å². The molecule has 0 aromatic carbocycles. The topological polar surface area (TPSA) is 21.3 Å². The zero-order valence-corrected chi connectivity index (χ0v) is 9.30. The number of nitrogens with one attached hydrogen (secondary N) is 1. The van der Waals surface area contributed by atoms with Gasteiger partial charge in [-0.15, -0.1) is 0 Å². The van der Waals surface area contributed by atoms with Crippen molar-refractivity contribution in [3.05, 3.63) is 0 Å². The maximum absolute atomic E-state index is 5.68. The molecule has 1 aliphatic heterocycles. The van der Waals surface area contributed by atoms with E-state index in [-0.39, 0.29) is 0 Å². The third-order valence-electron chi connectivity index (χ3n) is 3.47. The van der Waals surface area contributed by atoms with Gasteiger partial charge < -0.3 is 10.1 Å². The minimum absolute atomic E-state index is 0.570. The molecule has 82 valence electrons. The number of hydrogen-bond donors (Lipinski definition) is 1. The van der Waals surface area contributed by atoms with E-state index in [9.17, 15) is 0 Å². The summed E-state index contributed by atoms with van der Waals surface area (Å²) in [4.78, 5) is 0. The summed E-state index contributed by atoms with van der Waals surface area (Å²) in [7, 11) is 0. The SMILES string of the molecule is CCC(CNC1CC1)CC1CCCO1. The second-order valence-electron chi connectivity index (χ2n) is 4.83. The molecular weight excluding hydrogens is 174 g/mol. The standard InChI is InChI=1S/C12H23NO/c1-2-10(9-13-11-5-6-11)8-12-4-3-7-14-12/h10-13H,2-9H2,1H3. The minimum Gasteiger partial charge on any atom is -0.378 e. The van der Waals surface area contributed by atoms with Gasteiger partial charge in [0.15, 0.2) is 0 Å². The average Bonchev–Trinajstić information content (AvgIpc) is 2.90. The van der Waals surface area contributed by atoms with Crippen molar-refractivity contribution in [3.63, 3.8) is 0 Å². The summed E-state index contributed by atoms with van der Waals surface area (Å²) < 4.78 is 5.68. The van der Waals surface area contributed by atoms with E-state index in [1.165, 1.54) is 45.1 Å². The lowest BCUT2D eigenvalue weighted by atomic mass is 9.97. The Bertz CT molecular complexity index is 162. The molecule has 1 heterocycles. The van der Waals surface area contributed by atoms with E-state index in [2.05, 4.69) is 12.2 Å². The molecule has 0 radical (unpaired) electrons. The highest BCUT2D eigenvalue weighted by atomic mass is 16.5. The van der Waals surface area contributed by atoms with Gasteiger partial charge in [0.25, 0.3) is 0 Å². The Labute approximate surface area is 87.4 Å². The van der Waals surface area contributed by atoms with Crippen molar-refractivity contribution < 1.29 is 4.74 Å². The summed E-state index contributed by atoms with van der Waals surface area (Å²) in [6, 6.07) is 0.855. The zero-order valence-electron chi connectivity index (χ0n) is 9.30. The van der Waals surface area contributed by atoms with Gasteiger partial charge in [0.2, 0.25) is 0 Å². The van der Waals surface area contributed by atoms with Crippen LogP contribution in [0.1, 0.15) is 45.4 Å². The molecule has 0 aromatic heterocycles. The molecule has 1 saturated heterocycles. The van der Waals surface area contributed by atoms with Gasteiger partial charge in [0.1, 0.15) is 0 Å². The van der Waals surface area contributed by atoms with Crippen molar-refractivity contribution in [1.29, 1.82) is 0 Å². The Morgan fingerprint density at radius 3 is 2.79 bits per heavy atom. The van der Waals surface area contributed by atoms with Crippen LogP contribution in [0.25, 0.3) is 0 Å². The van der Waals surface area contributed by atoms with Crippen molar-refractivity contribution >= 4 is 0 Å². The number of ether oxygens (including phenoxy) is 1. The molecule has 2 unspecified atom stereocenters. The van der Waals surface area contributed by atoms with E-state index in [1.54, 1.807) is 0 Å². The molecule has 0 amide bonds. The van der Waals surface area contributed by atoms with E-state index in [0.717, 1.165) is 18.6 Å². The van der Waals surface area contributed by atoms with Gasteiger partial charge in [-0.2, -0.15) is 0 Å². The molecular formula is C12H23NO. The van der Waals surface area contributed by atoms with Crippen LogP contribution >= 0.6 is 0 Å². The first-order chi connectivity index (χ1) is 6.88. The first-order valence-electron chi connectivity index (χ1n) is 6.23. The number of hydrogen-bond acceptors (Lipinski definition) is 2. The third-order valence-corrected chi connectivity index (χ3v) is 3.47. The lowest BCUT2D eigenvalue weighted by Gasteiger charge is -2.19. The molecule has 2 nitrogen and oxygen atoms in total. The first kappa shape index (κ1) is 10.4. The summed E-state index contributed by atoms with van der Waals surface area (Å²) in [5.74, 6) is 0.832. The van der Waals surface area contributed by atoms with Gasteiger partial charge in [-0.3, -0.25) is 0 Å². The maximum atomic E-state index is 5.68. The Morgan fingerprint density at radius 1 is 1.36 bits per heavy atom. The van der Waals surface area contributed by atoms with E-state index >= 15 is 0 Å². The highest BCUT2D eigenvalue weighted by Gasteiger charge is 2.23. The fourth-order valence-corrected chi connectivity index (χ4v) is 2.22. The van der Waals surface area contributed by atoms with Crippen LogP contribution in [-0.4, -0.2) is 25.3 Å². The van der Waals surface area contributed by atoms with Gasteiger partial charge in [-0.25, -0.2) is 0 Å². The third kappa shape index (κ3) is 3.25. The summed E-state index contributed by atoms with van der Waals surface area (Å²) in [6.07, 6.45) is 8.50. The molecule has 14 heavy (non-hydrogen) atoms. The molecule has 2 rings (SSSR count). The van der Waals surface area contributed by atoms with Gasteiger partial charge in [-0.05, 0) is 44.6 Å². The Kier molecular flexibility index (Phi) is 3.82. The lowest BCUT2D eigenvalue weighted by Crippen LogP contribution is -2.27. The van der Waals surface area contributed by atoms with Gasteiger partial charge in [0, 0.05) is 12.6 Å². The van der Waals surface area contributed by atoms with Crippen LogP contribution in [0.15, 0.2) is 0 Å². The number of rotatable bonds is 6. The molecule has 1 aliphatic carbocycles. The van der Waals surface area contributed by atoms with Crippen molar-refractivity contribution in [2.24, 2.45) is 5.92 Å². The maximum Gasteiger partial charge on any atom is 0.0579 e. The van der Waals surface area contributed by atoms with E-state index in [1.807, 2.05) is 0 Å². The zero-order chi connectivity index (χ0) is 9.80. The van der Waals surface area contributed by atoms with E-state index in [0.29, 0.717) is 6.10 Å². The second kappa shape index (κ2) is 5.13. The monoisotopic (exact) mass is 197 g/mol. The van der Waals surface area contributed by atoms with Gasteiger partial charge in [-0.1, -0.05) is 13.3 Å². The molecule has 0 aromatic rings. The molecule has 1 N–H and O–H groups in total. The second-order valence-corrected chi connectivity index (χ2v) is 4.83. The molecule has 2 fully saturated rings. The molecule has 2 aliphatic rings. The van der Waals surface area contributed by atoms with Crippen LogP contribution in [0.2, 0.25) is 0 Å². The van der Waals surface area contributed by atoms with Crippen LogP contribution in [0.3, 0.4) is 0 Å². The summed E-state index contributed by atoms with van der Waals surface area (Å²) in [5.41, 5.74) is 0. The molecule has 0 bridgehead atoms. The van der Waals surface area contributed by atoms with Crippen molar-refractivity contribution in [2.75, 3.05) is 13.2 Å². The fraction of sp³-hybridized carbons (Fsp3) is 1.00. The smallest absolute Gasteiger partial charge is 0.0579 e. The summed E-state index contributed by atoms with van der Waals surface area (Å²) in [6.45, 7) is 4.51. The molecule has 1 saturated carbocycles. The van der Waals surface area contributed by atoms with Crippen LogP contribution in [-0.2, 0) is 4.74 Å². The highest BCUT2D eigenvalue weighted by molar-refractivity contribution is 4.82. The largest absolute Gasteiger partial charge is 0.378 e. The minimum atomic E-state index is 0.570.